The maximum absolute atomic E-state index is 12.3. The number of amides is 2. The largest absolute Gasteiger partial charge is 0.322 e. The highest BCUT2D eigenvalue weighted by Gasteiger charge is 2.22. The molecule has 2 amide bonds. The Balaban J connectivity index is 1.89. The average Bonchev–Trinajstić information content (AvgIpc) is 2.44. The van der Waals surface area contributed by atoms with Gasteiger partial charge >= 0.3 is 6.03 Å². The minimum absolute atomic E-state index is 0.122. The average molecular weight is 330 g/mol. The van der Waals surface area contributed by atoms with E-state index in [0.717, 1.165) is 32.7 Å². The van der Waals surface area contributed by atoms with Gasteiger partial charge in [-0.05, 0) is 18.1 Å². The topological polar surface area (TPSA) is 35.6 Å². The summed E-state index contributed by atoms with van der Waals surface area (Å²) in [5, 5.41) is 3.65. The lowest BCUT2D eigenvalue weighted by atomic mass is 10.2. The zero-order valence-corrected chi connectivity index (χ0v) is 13.9. The van der Waals surface area contributed by atoms with Crippen molar-refractivity contribution in [2.45, 2.75) is 13.8 Å². The molecule has 0 radical (unpaired) electrons. The third-order valence-corrected chi connectivity index (χ3v) is 4.29. The van der Waals surface area contributed by atoms with Crippen LogP contribution in [-0.4, -0.2) is 48.6 Å². The van der Waals surface area contributed by atoms with Gasteiger partial charge in [0.15, 0.2) is 0 Å². The predicted octanol–water partition coefficient (Wildman–Crippen LogP) is 3.80. The first-order chi connectivity index (χ1) is 9.97. The molecule has 1 aromatic rings. The fourth-order valence-electron chi connectivity index (χ4n) is 2.44. The van der Waals surface area contributed by atoms with Crippen LogP contribution >= 0.6 is 23.2 Å². The van der Waals surface area contributed by atoms with Crippen LogP contribution in [0.4, 0.5) is 10.5 Å². The summed E-state index contributed by atoms with van der Waals surface area (Å²) in [4.78, 5) is 16.5. The first-order valence-electron chi connectivity index (χ1n) is 7.19. The van der Waals surface area contributed by atoms with Crippen LogP contribution in [0, 0.1) is 5.92 Å². The van der Waals surface area contributed by atoms with Crippen LogP contribution < -0.4 is 5.32 Å². The van der Waals surface area contributed by atoms with E-state index in [9.17, 15) is 4.79 Å². The van der Waals surface area contributed by atoms with Crippen molar-refractivity contribution in [1.29, 1.82) is 0 Å². The SMILES string of the molecule is CC(C)CN1CCN(C(=O)Nc2cccc(Cl)c2Cl)CC1. The molecule has 6 heteroatoms. The number of nitrogens with one attached hydrogen (secondary N) is 1. The Bertz CT molecular complexity index is 500. The lowest BCUT2D eigenvalue weighted by Gasteiger charge is -2.35. The van der Waals surface area contributed by atoms with Gasteiger partial charge in [0.05, 0.1) is 15.7 Å². The highest BCUT2D eigenvalue weighted by atomic mass is 35.5. The molecule has 0 aromatic heterocycles. The molecule has 0 spiro atoms. The van der Waals surface area contributed by atoms with Gasteiger partial charge in [-0.2, -0.15) is 0 Å². The third kappa shape index (κ3) is 4.50. The van der Waals surface area contributed by atoms with Gasteiger partial charge in [-0.3, -0.25) is 4.90 Å². The van der Waals surface area contributed by atoms with Gasteiger partial charge in [-0.25, -0.2) is 4.79 Å². The first-order valence-corrected chi connectivity index (χ1v) is 7.95. The summed E-state index contributed by atoms with van der Waals surface area (Å²) in [6.45, 7) is 8.78. The Morgan fingerprint density at radius 2 is 1.90 bits per heavy atom. The number of carbonyl (C=O) groups excluding carboxylic acids is 1. The van der Waals surface area contributed by atoms with Crippen LogP contribution in [0.5, 0.6) is 0 Å². The highest BCUT2D eigenvalue weighted by Crippen LogP contribution is 2.29. The summed E-state index contributed by atoms with van der Waals surface area (Å²) >= 11 is 12.0. The van der Waals surface area contributed by atoms with Gasteiger partial charge < -0.3 is 10.2 Å². The van der Waals surface area contributed by atoms with E-state index in [4.69, 9.17) is 23.2 Å². The highest BCUT2D eigenvalue weighted by molar-refractivity contribution is 6.43. The van der Waals surface area contributed by atoms with Gasteiger partial charge in [0, 0.05) is 32.7 Å². The van der Waals surface area contributed by atoms with Crippen molar-refractivity contribution in [1.82, 2.24) is 9.80 Å². The third-order valence-electron chi connectivity index (χ3n) is 3.48. The van der Waals surface area contributed by atoms with Crippen LogP contribution in [0.25, 0.3) is 0 Å². The Kier molecular flexibility index (Phi) is 5.73. The second-order valence-electron chi connectivity index (χ2n) is 5.71. The fourth-order valence-corrected chi connectivity index (χ4v) is 2.79. The lowest BCUT2D eigenvalue weighted by Crippen LogP contribution is -2.50. The molecule has 116 valence electrons. The summed E-state index contributed by atoms with van der Waals surface area (Å²) in [5.74, 6) is 0.649. The predicted molar refractivity (Wildman–Crippen MR) is 88.3 cm³/mol. The number of hydrogen-bond acceptors (Lipinski definition) is 2. The van der Waals surface area contributed by atoms with Crippen LogP contribution in [0.15, 0.2) is 18.2 Å². The minimum atomic E-state index is -0.122. The van der Waals surface area contributed by atoms with Crippen LogP contribution in [0.1, 0.15) is 13.8 Å². The van der Waals surface area contributed by atoms with Gasteiger partial charge in [0.2, 0.25) is 0 Å². The number of nitrogens with zero attached hydrogens (tertiary/aromatic N) is 2. The Morgan fingerprint density at radius 1 is 1.24 bits per heavy atom. The molecule has 0 atom stereocenters. The number of anilines is 1. The second-order valence-corrected chi connectivity index (χ2v) is 6.50. The summed E-state index contributed by atoms with van der Waals surface area (Å²) in [5.41, 5.74) is 0.554. The zero-order chi connectivity index (χ0) is 15.4. The summed E-state index contributed by atoms with van der Waals surface area (Å²) < 4.78 is 0. The standard InChI is InChI=1S/C15H21Cl2N3O/c1-11(2)10-19-6-8-20(9-7-19)15(21)18-13-5-3-4-12(16)14(13)17/h3-5,11H,6-10H2,1-2H3,(H,18,21). The molecule has 1 saturated heterocycles. The Morgan fingerprint density at radius 3 is 2.52 bits per heavy atom. The number of halogens is 2. The quantitative estimate of drug-likeness (QED) is 0.915. The molecule has 0 aliphatic carbocycles. The number of urea groups is 1. The van der Waals surface area contributed by atoms with Crippen LogP contribution in [0.3, 0.4) is 0 Å². The van der Waals surface area contributed by atoms with Gasteiger partial charge in [0.1, 0.15) is 0 Å². The molecule has 1 N–H and O–H groups in total. The Hall–Kier alpha value is -0.970. The summed E-state index contributed by atoms with van der Waals surface area (Å²) in [6, 6.07) is 5.10. The first kappa shape index (κ1) is 16.4. The van der Waals surface area contributed by atoms with E-state index in [1.807, 2.05) is 4.90 Å². The molecule has 4 nitrogen and oxygen atoms in total. The lowest BCUT2D eigenvalue weighted by molar-refractivity contribution is 0.138. The maximum atomic E-state index is 12.3. The molecular weight excluding hydrogens is 309 g/mol. The van der Waals surface area contributed by atoms with Crippen molar-refractivity contribution in [3.8, 4) is 0 Å². The molecule has 2 rings (SSSR count). The maximum Gasteiger partial charge on any atom is 0.321 e. The Labute approximate surface area is 136 Å². The zero-order valence-electron chi connectivity index (χ0n) is 12.4. The van der Waals surface area contributed by atoms with E-state index < -0.39 is 0 Å². The van der Waals surface area contributed by atoms with E-state index >= 15 is 0 Å². The summed E-state index contributed by atoms with van der Waals surface area (Å²) in [6.07, 6.45) is 0. The molecule has 1 aliphatic rings. The van der Waals surface area contributed by atoms with E-state index in [0.29, 0.717) is 21.7 Å². The van der Waals surface area contributed by atoms with E-state index in [2.05, 4.69) is 24.1 Å². The second kappa shape index (κ2) is 7.34. The molecule has 1 fully saturated rings. The molecular formula is C15H21Cl2N3O. The van der Waals surface area contributed by atoms with Crippen molar-refractivity contribution < 1.29 is 4.79 Å². The molecule has 0 unspecified atom stereocenters. The number of piperazine rings is 1. The molecule has 0 bridgehead atoms. The number of benzene rings is 1. The number of hydrogen-bond donors (Lipinski definition) is 1. The minimum Gasteiger partial charge on any atom is -0.322 e. The van der Waals surface area contributed by atoms with Crippen LogP contribution in [-0.2, 0) is 0 Å². The molecule has 1 aromatic carbocycles. The monoisotopic (exact) mass is 329 g/mol. The molecule has 1 heterocycles. The van der Waals surface area contributed by atoms with E-state index in [1.54, 1.807) is 18.2 Å². The van der Waals surface area contributed by atoms with Crippen LogP contribution in [0.2, 0.25) is 10.0 Å². The molecule has 21 heavy (non-hydrogen) atoms. The number of rotatable bonds is 3. The van der Waals surface area contributed by atoms with Crippen molar-refractivity contribution in [3.05, 3.63) is 28.2 Å². The van der Waals surface area contributed by atoms with Crippen molar-refractivity contribution in [2.24, 2.45) is 5.92 Å². The van der Waals surface area contributed by atoms with E-state index in [1.165, 1.54) is 0 Å². The number of carbonyl (C=O) groups is 1. The fraction of sp³-hybridized carbons (Fsp3) is 0.533. The van der Waals surface area contributed by atoms with Crippen molar-refractivity contribution in [3.63, 3.8) is 0 Å². The van der Waals surface area contributed by atoms with Gasteiger partial charge in [-0.15, -0.1) is 0 Å². The van der Waals surface area contributed by atoms with Gasteiger partial charge in [-0.1, -0.05) is 43.1 Å². The van der Waals surface area contributed by atoms with E-state index in [-0.39, 0.29) is 6.03 Å². The van der Waals surface area contributed by atoms with Gasteiger partial charge in [0.25, 0.3) is 0 Å². The smallest absolute Gasteiger partial charge is 0.321 e. The summed E-state index contributed by atoms with van der Waals surface area (Å²) in [7, 11) is 0. The molecule has 0 saturated carbocycles. The normalized spacial score (nSPS) is 16.3. The van der Waals surface area contributed by atoms with Crippen molar-refractivity contribution >= 4 is 34.9 Å². The van der Waals surface area contributed by atoms with Crippen molar-refractivity contribution in [2.75, 3.05) is 38.0 Å². The molecule has 1 aliphatic heterocycles.